The summed E-state index contributed by atoms with van der Waals surface area (Å²) in [6.45, 7) is 6.18. The summed E-state index contributed by atoms with van der Waals surface area (Å²) in [5, 5.41) is 9.75. The first-order valence-electron chi connectivity index (χ1n) is 5.10. The summed E-state index contributed by atoms with van der Waals surface area (Å²) in [4.78, 5) is 20.5. The van der Waals surface area contributed by atoms with E-state index < -0.39 is 0 Å². The number of carbonyl (C=O) groups is 1. The molecule has 0 atom stereocenters. The summed E-state index contributed by atoms with van der Waals surface area (Å²) in [5.41, 5.74) is -0.0462. The molecule has 1 amide bonds. The van der Waals surface area contributed by atoms with E-state index in [0.717, 1.165) is 5.01 Å². The molecule has 0 bridgehead atoms. The summed E-state index contributed by atoms with van der Waals surface area (Å²) in [6.07, 6.45) is 2.92. The van der Waals surface area contributed by atoms with Crippen LogP contribution in [0.2, 0.25) is 0 Å². The van der Waals surface area contributed by atoms with Crippen LogP contribution in [0.4, 0.5) is 5.95 Å². The Morgan fingerprint density at radius 2 is 2.18 bits per heavy atom. The van der Waals surface area contributed by atoms with Gasteiger partial charge in [-0.05, 0) is 0 Å². The van der Waals surface area contributed by atoms with Crippen LogP contribution < -0.4 is 5.32 Å². The third kappa shape index (κ3) is 2.68. The topological polar surface area (TPSA) is 83.6 Å². The molecule has 0 unspecified atom stereocenters. The van der Waals surface area contributed by atoms with Crippen LogP contribution in [0.25, 0.3) is 0 Å². The van der Waals surface area contributed by atoms with Crippen molar-refractivity contribution in [2.24, 2.45) is 0 Å². The Labute approximate surface area is 103 Å². The molecule has 2 aromatic heterocycles. The SMILES string of the molecule is CC(C)(C)c1ncc(C(=O)Nc2ncn[nH]2)s1. The van der Waals surface area contributed by atoms with Crippen LogP contribution in [-0.2, 0) is 5.41 Å². The largest absolute Gasteiger partial charge is 0.290 e. The maximum atomic E-state index is 11.8. The third-order valence-electron chi connectivity index (χ3n) is 2.02. The summed E-state index contributed by atoms with van der Waals surface area (Å²) in [6, 6.07) is 0. The highest BCUT2D eigenvalue weighted by Gasteiger charge is 2.20. The molecule has 0 saturated carbocycles. The number of aromatic amines is 1. The monoisotopic (exact) mass is 251 g/mol. The van der Waals surface area contributed by atoms with E-state index >= 15 is 0 Å². The molecule has 0 fully saturated rings. The predicted octanol–water partition coefficient (Wildman–Crippen LogP) is 1.81. The third-order valence-corrected chi connectivity index (χ3v) is 3.44. The zero-order chi connectivity index (χ0) is 12.5. The van der Waals surface area contributed by atoms with Crippen molar-refractivity contribution < 1.29 is 4.79 Å². The van der Waals surface area contributed by atoms with Crippen molar-refractivity contribution in [1.29, 1.82) is 0 Å². The molecule has 2 aromatic rings. The molecule has 7 heteroatoms. The van der Waals surface area contributed by atoms with Crippen LogP contribution in [0.5, 0.6) is 0 Å². The van der Waals surface area contributed by atoms with E-state index in [4.69, 9.17) is 0 Å². The molecule has 0 aliphatic carbocycles. The number of thiazole rings is 1. The summed E-state index contributed by atoms with van der Waals surface area (Å²) < 4.78 is 0. The summed E-state index contributed by atoms with van der Waals surface area (Å²) >= 11 is 1.38. The number of nitrogens with zero attached hydrogens (tertiary/aromatic N) is 3. The number of nitrogens with one attached hydrogen (secondary N) is 2. The standard InChI is InChI=1S/C10H13N5OS/c1-10(2,3)8-11-4-6(17-8)7(16)14-9-12-5-13-15-9/h4-5H,1-3H3,(H2,12,13,14,15,16). The zero-order valence-electron chi connectivity index (χ0n) is 9.81. The fourth-order valence-corrected chi connectivity index (χ4v) is 2.03. The quantitative estimate of drug-likeness (QED) is 0.852. The average Bonchev–Trinajstić information content (AvgIpc) is 2.85. The Morgan fingerprint density at radius 1 is 1.41 bits per heavy atom. The van der Waals surface area contributed by atoms with Crippen LogP contribution in [0.15, 0.2) is 12.5 Å². The number of carbonyl (C=O) groups excluding carboxylic acids is 1. The Bertz CT molecular complexity index is 511. The van der Waals surface area contributed by atoms with Gasteiger partial charge in [0.2, 0.25) is 5.95 Å². The van der Waals surface area contributed by atoms with Gasteiger partial charge in [-0.2, -0.15) is 10.1 Å². The first kappa shape index (κ1) is 11.7. The number of aromatic nitrogens is 4. The van der Waals surface area contributed by atoms with Gasteiger partial charge < -0.3 is 0 Å². The van der Waals surface area contributed by atoms with Crippen molar-refractivity contribution in [3.8, 4) is 0 Å². The number of rotatable bonds is 2. The fourth-order valence-electron chi connectivity index (χ4n) is 1.16. The highest BCUT2D eigenvalue weighted by atomic mass is 32.1. The summed E-state index contributed by atoms with van der Waals surface area (Å²) in [5.74, 6) is 0.107. The molecule has 17 heavy (non-hydrogen) atoms. The number of amides is 1. The Hall–Kier alpha value is -1.76. The molecular weight excluding hydrogens is 238 g/mol. The second-order valence-electron chi connectivity index (χ2n) is 4.57. The van der Waals surface area contributed by atoms with Gasteiger partial charge in [0.15, 0.2) is 0 Å². The zero-order valence-corrected chi connectivity index (χ0v) is 10.6. The van der Waals surface area contributed by atoms with Crippen molar-refractivity contribution >= 4 is 23.2 Å². The van der Waals surface area contributed by atoms with Gasteiger partial charge in [0.1, 0.15) is 11.2 Å². The minimum Gasteiger partial charge on any atom is -0.290 e. The molecule has 0 aliphatic rings. The van der Waals surface area contributed by atoms with E-state index in [1.807, 2.05) is 0 Å². The van der Waals surface area contributed by atoms with Crippen molar-refractivity contribution in [3.63, 3.8) is 0 Å². The van der Waals surface area contributed by atoms with Crippen LogP contribution in [0.1, 0.15) is 35.5 Å². The lowest BCUT2D eigenvalue weighted by Crippen LogP contribution is -2.11. The molecule has 2 N–H and O–H groups in total. The normalized spacial score (nSPS) is 11.5. The number of hydrogen-bond acceptors (Lipinski definition) is 5. The van der Waals surface area contributed by atoms with Crippen LogP contribution in [0, 0.1) is 0 Å². The van der Waals surface area contributed by atoms with Gasteiger partial charge in [-0.3, -0.25) is 10.1 Å². The smallest absolute Gasteiger partial charge is 0.269 e. The van der Waals surface area contributed by atoms with Crippen molar-refractivity contribution in [1.82, 2.24) is 20.2 Å². The molecule has 2 rings (SSSR count). The van der Waals surface area contributed by atoms with Crippen LogP contribution in [0.3, 0.4) is 0 Å². The molecule has 0 spiro atoms. The van der Waals surface area contributed by atoms with Crippen molar-refractivity contribution in [3.05, 3.63) is 22.4 Å². The second-order valence-corrected chi connectivity index (χ2v) is 5.60. The van der Waals surface area contributed by atoms with E-state index in [2.05, 4.69) is 46.3 Å². The first-order chi connectivity index (χ1) is 7.97. The van der Waals surface area contributed by atoms with Crippen molar-refractivity contribution in [2.75, 3.05) is 5.32 Å². The van der Waals surface area contributed by atoms with E-state index in [1.165, 1.54) is 17.7 Å². The Morgan fingerprint density at radius 3 is 2.71 bits per heavy atom. The van der Waals surface area contributed by atoms with E-state index in [9.17, 15) is 4.79 Å². The van der Waals surface area contributed by atoms with Gasteiger partial charge in [-0.15, -0.1) is 11.3 Å². The molecule has 90 valence electrons. The van der Waals surface area contributed by atoms with E-state index in [0.29, 0.717) is 10.8 Å². The summed E-state index contributed by atoms with van der Waals surface area (Å²) in [7, 11) is 0. The highest BCUT2D eigenvalue weighted by Crippen LogP contribution is 2.26. The molecule has 6 nitrogen and oxygen atoms in total. The van der Waals surface area contributed by atoms with Gasteiger partial charge in [-0.25, -0.2) is 10.1 Å². The number of H-pyrrole nitrogens is 1. The van der Waals surface area contributed by atoms with E-state index in [1.54, 1.807) is 6.20 Å². The lowest BCUT2D eigenvalue weighted by molar-refractivity contribution is 0.102. The van der Waals surface area contributed by atoms with E-state index in [-0.39, 0.29) is 11.3 Å². The van der Waals surface area contributed by atoms with Gasteiger partial charge in [0, 0.05) is 5.41 Å². The molecule has 0 saturated heterocycles. The predicted molar refractivity (Wildman–Crippen MR) is 65.1 cm³/mol. The first-order valence-corrected chi connectivity index (χ1v) is 5.91. The average molecular weight is 251 g/mol. The van der Waals surface area contributed by atoms with Gasteiger partial charge >= 0.3 is 0 Å². The maximum absolute atomic E-state index is 11.8. The minimum absolute atomic E-state index is 0.0462. The van der Waals surface area contributed by atoms with Crippen LogP contribution >= 0.6 is 11.3 Å². The molecule has 0 aromatic carbocycles. The fraction of sp³-hybridized carbons (Fsp3) is 0.400. The second kappa shape index (κ2) is 4.25. The van der Waals surface area contributed by atoms with Crippen LogP contribution in [-0.4, -0.2) is 26.1 Å². The molecular formula is C10H13N5OS. The van der Waals surface area contributed by atoms with Crippen molar-refractivity contribution in [2.45, 2.75) is 26.2 Å². The Kier molecular flexibility index (Phi) is 2.93. The number of hydrogen-bond donors (Lipinski definition) is 2. The molecule has 0 aliphatic heterocycles. The van der Waals surface area contributed by atoms with Gasteiger partial charge in [0.05, 0.1) is 11.2 Å². The Balaban J connectivity index is 2.13. The van der Waals surface area contributed by atoms with Gasteiger partial charge in [0.25, 0.3) is 5.91 Å². The lowest BCUT2D eigenvalue weighted by atomic mass is 9.98. The molecule has 0 radical (unpaired) electrons. The maximum Gasteiger partial charge on any atom is 0.269 e. The van der Waals surface area contributed by atoms with Gasteiger partial charge in [-0.1, -0.05) is 20.8 Å². The minimum atomic E-state index is -0.227. The lowest BCUT2D eigenvalue weighted by Gasteiger charge is -2.13. The molecule has 2 heterocycles. The number of anilines is 1. The highest BCUT2D eigenvalue weighted by molar-refractivity contribution is 7.13.